The molecule has 0 amide bonds. The summed E-state index contributed by atoms with van der Waals surface area (Å²) in [5.41, 5.74) is 3.09. The fraction of sp³-hybridized carbons (Fsp3) is 0.857. The van der Waals surface area contributed by atoms with Gasteiger partial charge in [0.1, 0.15) is 0 Å². The highest BCUT2D eigenvalue weighted by Crippen LogP contribution is 2.67. The quantitative estimate of drug-likeness (QED) is 0.601. The highest BCUT2D eigenvalue weighted by Gasteiger charge is 2.70. The van der Waals surface area contributed by atoms with Crippen molar-refractivity contribution in [1.82, 2.24) is 0 Å². The SMILES string of the molecule is CC(C)=C1[C@@H]2[C@@H]3O[C@H]4O[C@H]5CC[C@@H](O3)[C@H]2[C@H]5[C@@H]14. The minimum Gasteiger partial charge on any atom is -0.348 e. The van der Waals surface area contributed by atoms with Crippen LogP contribution in [0.15, 0.2) is 11.1 Å². The van der Waals surface area contributed by atoms with E-state index in [0.29, 0.717) is 35.9 Å². The molecule has 2 aliphatic carbocycles. The van der Waals surface area contributed by atoms with Crippen molar-refractivity contribution < 1.29 is 14.2 Å². The van der Waals surface area contributed by atoms with Gasteiger partial charge < -0.3 is 14.2 Å². The summed E-state index contributed by atoms with van der Waals surface area (Å²) in [5, 5.41) is 0. The molecule has 3 heteroatoms. The van der Waals surface area contributed by atoms with Gasteiger partial charge in [-0.15, -0.1) is 0 Å². The average molecular weight is 234 g/mol. The third-order valence-corrected chi connectivity index (χ3v) is 5.64. The van der Waals surface area contributed by atoms with Gasteiger partial charge in [-0.3, -0.25) is 0 Å². The standard InChI is InChI=1S/C14H18O3/c1-5(2)8-11-9-6-3-4-7-10(9)12(8)14(16-7)17-13(11)15-6/h6-7,9-14H,3-4H2,1-2H3/t6-,7+,9-,10-,11+,12-,13+,14-/m0/s1. The second-order valence-electron chi connectivity index (χ2n) is 6.46. The maximum atomic E-state index is 6.13. The molecule has 0 aromatic heterocycles. The largest absolute Gasteiger partial charge is 0.348 e. The van der Waals surface area contributed by atoms with Gasteiger partial charge in [0.25, 0.3) is 0 Å². The van der Waals surface area contributed by atoms with Crippen LogP contribution in [0.3, 0.4) is 0 Å². The highest BCUT2D eigenvalue weighted by atomic mass is 16.8. The summed E-state index contributed by atoms with van der Waals surface area (Å²) in [7, 11) is 0. The van der Waals surface area contributed by atoms with Crippen molar-refractivity contribution in [3.05, 3.63) is 11.1 Å². The van der Waals surface area contributed by atoms with Gasteiger partial charge in [-0.25, -0.2) is 0 Å². The molecule has 0 unspecified atom stereocenters. The van der Waals surface area contributed by atoms with Crippen molar-refractivity contribution >= 4 is 0 Å². The van der Waals surface area contributed by atoms with Crippen LogP contribution in [-0.4, -0.2) is 24.8 Å². The Morgan fingerprint density at radius 1 is 0.882 bits per heavy atom. The average Bonchev–Trinajstić information content (AvgIpc) is 2.92. The van der Waals surface area contributed by atoms with Crippen LogP contribution in [0.2, 0.25) is 0 Å². The molecule has 0 radical (unpaired) electrons. The molecule has 3 saturated heterocycles. The Labute approximate surface area is 101 Å². The molecule has 8 atom stereocenters. The molecular formula is C14H18O3. The lowest BCUT2D eigenvalue weighted by molar-refractivity contribution is -0.256. The third-order valence-electron chi connectivity index (χ3n) is 5.64. The Bertz CT molecular complexity index is 393. The van der Waals surface area contributed by atoms with Crippen molar-refractivity contribution in [3.8, 4) is 0 Å². The van der Waals surface area contributed by atoms with Crippen LogP contribution < -0.4 is 0 Å². The summed E-state index contributed by atoms with van der Waals surface area (Å²) in [6.45, 7) is 4.49. The van der Waals surface area contributed by atoms with Gasteiger partial charge in [-0.2, -0.15) is 0 Å². The highest BCUT2D eigenvalue weighted by molar-refractivity contribution is 5.33. The van der Waals surface area contributed by atoms with E-state index in [1.165, 1.54) is 5.57 Å². The van der Waals surface area contributed by atoms with E-state index in [0.717, 1.165) is 12.8 Å². The summed E-state index contributed by atoms with van der Waals surface area (Å²) < 4.78 is 18.3. The second kappa shape index (κ2) is 2.79. The molecule has 0 N–H and O–H groups in total. The van der Waals surface area contributed by atoms with Crippen molar-refractivity contribution in [1.29, 1.82) is 0 Å². The van der Waals surface area contributed by atoms with E-state index in [-0.39, 0.29) is 12.6 Å². The number of rotatable bonds is 0. The number of hydrogen-bond donors (Lipinski definition) is 0. The smallest absolute Gasteiger partial charge is 0.168 e. The normalized spacial score (nSPS) is 61.4. The maximum Gasteiger partial charge on any atom is 0.168 e. The van der Waals surface area contributed by atoms with Crippen LogP contribution in [0.1, 0.15) is 26.7 Å². The molecule has 3 aliphatic heterocycles. The molecule has 0 spiro atoms. The van der Waals surface area contributed by atoms with Crippen LogP contribution in [0.25, 0.3) is 0 Å². The van der Waals surface area contributed by atoms with Gasteiger partial charge in [-0.1, -0.05) is 11.1 Å². The summed E-state index contributed by atoms with van der Waals surface area (Å²) in [4.78, 5) is 0. The first-order valence-corrected chi connectivity index (χ1v) is 6.89. The topological polar surface area (TPSA) is 27.7 Å². The van der Waals surface area contributed by atoms with E-state index >= 15 is 0 Å². The molecule has 5 fully saturated rings. The van der Waals surface area contributed by atoms with Gasteiger partial charge in [0.05, 0.1) is 12.2 Å². The Morgan fingerprint density at radius 2 is 1.41 bits per heavy atom. The third kappa shape index (κ3) is 0.904. The second-order valence-corrected chi connectivity index (χ2v) is 6.46. The number of allylic oxidation sites excluding steroid dienone is 1. The minimum absolute atomic E-state index is 0.0137. The minimum atomic E-state index is -0.0137. The Balaban J connectivity index is 1.77. The van der Waals surface area contributed by atoms with Crippen molar-refractivity contribution in [3.63, 3.8) is 0 Å². The van der Waals surface area contributed by atoms with E-state index < -0.39 is 0 Å². The van der Waals surface area contributed by atoms with E-state index in [2.05, 4.69) is 13.8 Å². The van der Waals surface area contributed by atoms with Crippen molar-refractivity contribution in [2.45, 2.75) is 51.5 Å². The predicted molar refractivity (Wildman–Crippen MR) is 60.0 cm³/mol. The fourth-order valence-electron chi connectivity index (χ4n) is 5.31. The van der Waals surface area contributed by atoms with Gasteiger partial charge >= 0.3 is 0 Å². The van der Waals surface area contributed by atoms with Crippen molar-refractivity contribution in [2.75, 3.05) is 0 Å². The Hall–Kier alpha value is -0.380. The molecule has 5 aliphatic rings. The number of hydrogen-bond acceptors (Lipinski definition) is 3. The van der Waals surface area contributed by atoms with Crippen LogP contribution >= 0.6 is 0 Å². The Kier molecular flexibility index (Phi) is 1.56. The van der Waals surface area contributed by atoms with Gasteiger partial charge in [0.15, 0.2) is 12.6 Å². The summed E-state index contributed by atoms with van der Waals surface area (Å²) in [6, 6.07) is 0. The monoisotopic (exact) mass is 234 g/mol. The van der Waals surface area contributed by atoms with E-state index in [9.17, 15) is 0 Å². The van der Waals surface area contributed by atoms with E-state index in [4.69, 9.17) is 14.2 Å². The predicted octanol–water partition coefficient (Wildman–Crippen LogP) is 2.08. The molecule has 2 bridgehead atoms. The van der Waals surface area contributed by atoms with Gasteiger partial charge in [0, 0.05) is 23.7 Å². The molecular weight excluding hydrogens is 216 g/mol. The molecule has 17 heavy (non-hydrogen) atoms. The molecule has 2 saturated carbocycles. The van der Waals surface area contributed by atoms with E-state index in [1.807, 2.05) is 0 Å². The lowest BCUT2D eigenvalue weighted by Gasteiger charge is -2.33. The molecule has 0 aromatic rings. The van der Waals surface area contributed by atoms with Crippen LogP contribution in [0.5, 0.6) is 0 Å². The molecule has 0 aromatic carbocycles. The fourth-order valence-corrected chi connectivity index (χ4v) is 5.31. The zero-order chi connectivity index (χ0) is 11.3. The first-order valence-electron chi connectivity index (χ1n) is 6.89. The van der Waals surface area contributed by atoms with Crippen LogP contribution in [-0.2, 0) is 14.2 Å². The Morgan fingerprint density at radius 3 is 1.88 bits per heavy atom. The lowest BCUT2D eigenvalue weighted by atomic mass is 9.75. The maximum absolute atomic E-state index is 6.13. The molecule has 5 rings (SSSR count). The molecule has 3 nitrogen and oxygen atoms in total. The number of ether oxygens (including phenoxy) is 3. The molecule has 3 heterocycles. The first-order chi connectivity index (χ1) is 8.25. The first kappa shape index (κ1) is 9.54. The zero-order valence-corrected chi connectivity index (χ0v) is 10.3. The summed E-state index contributed by atoms with van der Waals surface area (Å²) >= 11 is 0. The van der Waals surface area contributed by atoms with Gasteiger partial charge in [0.2, 0.25) is 0 Å². The summed E-state index contributed by atoms with van der Waals surface area (Å²) in [5.74, 6) is 2.45. The van der Waals surface area contributed by atoms with Crippen molar-refractivity contribution in [2.24, 2.45) is 23.7 Å². The van der Waals surface area contributed by atoms with Crippen LogP contribution in [0.4, 0.5) is 0 Å². The summed E-state index contributed by atoms with van der Waals surface area (Å²) in [6.07, 6.45) is 3.18. The van der Waals surface area contributed by atoms with Gasteiger partial charge in [-0.05, 0) is 26.7 Å². The van der Waals surface area contributed by atoms with E-state index in [1.54, 1.807) is 5.57 Å². The van der Waals surface area contributed by atoms with Crippen LogP contribution in [0, 0.1) is 23.7 Å². The molecule has 92 valence electrons. The lowest BCUT2D eigenvalue weighted by Crippen LogP contribution is -2.38. The zero-order valence-electron chi connectivity index (χ0n) is 10.3.